The Labute approximate surface area is 251 Å². The minimum absolute atomic E-state index is 0.453. The molecule has 0 atom stereocenters. The first-order chi connectivity index (χ1) is 20.8. The van der Waals surface area contributed by atoms with E-state index >= 15 is 0 Å². The average molecular weight is 591 g/mol. The molecule has 10 heteroatoms. The van der Waals surface area contributed by atoms with Crippen molar-refractivity contribution in [3.63, 3.8) is 0 Å². The van der Waals surface area contributed by atoms with Crippen molar-refractivity contribution >= 4 is 11.4 Å². The molecule has 0 unspecified atom stereocenters. The Morgan fingerprint density at radius 2 is 0.810 bits per heavy atom. The zero-order valence-electron chi connectivity index (χ0n) is 25.5. The van der Waals surface area contributed by atoms with Crippen molar-refractivity contribution in [1.82, 2.24) is 0 Å². The summed E-state index contributed by atoms with van der Waals surface area (Å²) < 4.78 is 43.6. The first-order valence-electron chi connectivity index (χ1n) is 15.1. The van der Waals surface area contributed by atoms with E-state index in [4.69, 9.17) is 37.9 Å². The lowest BCUT2D eigenvalue weighted by Gasteiger charge is -2.09. The van der Waals surface area contributed by atoms with E-state index in [1.807, 2.05) is 48.5 Å². The van der Waals surface area contributed by atoms with Gasteiger partial charge in [0.1, 0.15) is 18.1 Å². The second-order valence-corrected chi connectivity index (χ2v) is 9.35. The van der Waals surface area contributed by atoms with E-state index < -0.39 is 0 Å². The Bertz CT molecular complexity index is 896. The maximum absolute atomic E-state index is 5.80. The van der Waals surface area contributed by atoms with Crippen LogP contribution in [0.1, 0.15) is 39.0 Å². The number of hydrogen-bond acceptors (Lipinski definition) is 10. The van der Waals surface area contributed by atoms with E-state index in [1.54, 1.807) is 7.11 Å². The van der Waals surface area contributed by atoms with Gasteiger partial charge in [-0.05, 0) is 55.0 Å². The highest BCUT2D eigenvalue weighted by Gasteiger charge is 1.99. The zero-order chi connectivity index (χ0) is 29.8. The van der Waals surface area contributed by atoms with Gasteiger partial charge in [-0.1, -0.05) is 32.6 Å². The molecule has 0 aliphatic rings. The van der Waals surface area contributed by atoms with Gasteiger partial charge in [-0.2, -0.15) is 10.2 Å². The maximum Gasteiger partial charge on any atom is 0.119 e. The lowest BCUT2D eigenvalue weighted by Crippen LogP contribution is -2.14. The molecule has 0 amide bonds. The molecule has 42 heavy (non-hydrogen) atoms. The molecular formula is C32H50N2O8. The molecule has 0 saturated carbocycles. The molecule has 0 spiro atoms. The van der Waals surface area contributed by atoms with Crippen LogP contribution < -0.4 is 9.47 Å². The van der Waals surface area contributed by atoms with Crippen LogP contribution in [0.25, 0.3) is 0 Å². The fraction of sp³-hybridized carbons (Fsp3) is 0.625. The molecule has 2 rings (SSSR count). The third-order valence-electron chi connectivity index (χ3n) is 5.89. The topological polar surface area (TPSA) is 98.6 Å². The van der Waals surface area contributed by atoms with E-state index in [-0.39, 0.29) is 0 Å². The van der Waals surface area contributed by atoms with Gasteiger partial charge >= 0.3 is 0 Å². The van der Waals surface area contributed by atoms with Crippen molar-refractivity contribution in [3.05, 3.63) is 48.5 Å². The highest BCUT2D eigenvalue weighted by molar-refractivity contribution is 5.44. The van der Waals surface area contributed by atoms with Crippen LogP contribution in [0.15, 0.2) is 58.8 Å². The standard InChI is InChI=1S/C32H50N2O8/c1-3-4-5-6-7-16-41-31-12-8-29(9-13-31)33-34-30-10-14-32(15-11-30)42-28-27-40-26-25-39-24-23-38-22-21-37-20-19-36-18-17-35-2/h8-15H,3-7,16-28H2,1-2H3. The summed E-state index contributed by atoms with van der Waals surface area (Å²) in [6.07, 6.45) is 6.14. The monoisotopic (exact) mass is 590 g/mol. The predicted molar refractivity (Wildman–Crippen MR) is 163 cm³/mol. The third kappa shape index (κ3) is 19.5. The lowest BCUT2D eigenvalue weighted by atomic mass is 10.2. The third-order valence-corrected chi connectivity index (χ3v) is 5.89. The van der Waals surface area contributed by atoms with Crippen LogP contribution in [0.2, 0.25) is 0 Å². The molecule has 0 radical (unpaired) electrons. The number of rotatable bonds is 28. The number of methoxy groups -OCH3 is 1. The van der Waals surface area contributed by atoms with Crippen molar-refractivity contribution in [3.8, 4) is 11.5 Å². The Morgan fingerprint density at radius 1 is 0.429 bits per heavy atom. The number of ether oxygens (including phenoxy) is 8. The first kappa shape index (κ1) is 35.6. The number of nitrogens with zero attached hydrogens (tertiary/aromatic N) is 2. The van der Waals surface area contributed by atoms with E-state index in [2.05, 4.69) is 17.2 Å². The molecule has 2 aromatic rings. The van der Waals surface area contributed by atoms with Gasteiger partial charge in [-0.25, -0.2) is 0 Å². The van der Waals surface area contributed by atoms with Gasteiger partial charge in [0.15, 0.2) is 0 Å². The van der Waals surface area contributed by atoms with Crippen LogP contribution in [-0.2, 0) is 28.4 Å². The van der Waals surface area contributed by atoms with E-state index in [9.17, 15) is 0 Å². The van der Waals surface area contributed by atoms with Gasteiger partial charge in [0.2, 0.25) is 0 Å². The minimum atomic E-state index is 0.453. The van der Waals surface area contributed by atoms with Crippen molar-refractivity contribution in [1.29, 1.82) is 0 Å². The molecule has 2 aromatic carbocycles. The van der Waals surface area contributed by atoms with Gasteiger partial charge in [-0.3, -0.25) is 0 Å². The highest BCUT2D eigenvalue weighted by Crippen LogP contribution is 2.23. The second kappa shape index (κ2) is 26.1. The zero-order valence-corrected chi connectivity index (χ0v) is 25.5. The molecule has 0 aliphatic carbocycles. The van der Waals surface area contributed by atoms with Crippen molar-refractivity contribution in [2.24, 2.45) is 10.2 Å². The summed E-state index contributed by atoms with van der Waals surface area (Å²) in [5.41, 5.74) is 1.53. The molecule has 10 nitrogen and oxygen atoms in total. The summed E-state index contributed by atoms with van der Waals surface area (Å²) in [5, 5.41) is 8.61. The molecule has 0 fully saturated rings. The van der Waals surface area contributed by atoms with Crippen LogP contribution in [-0.4, -0.2) is 93.0 Å². The minimum Gasteiger partial charge on any atom is -0.494 e. The van der Waals surface area contributed by atoms with Crippen LogP contribution in [0.5, 0.6) is 11.5 Å². The first-order valence-corrected chi connectivity index (χ1v) is 15.1. The van der Waals surface area contributed by atoms with Crippen LogP contribution in [0.4, 0.5) is 11.4 Å². The van der Waals surface area contributed by atoms with Crippen molar-refractivity contribution < 1.29 is 37.9 Å². The average Bonchev–Trinajstić information content (AvgIpc) is 3.02. The molecule has 0 saturated heterocycles. The maximum atomic E-state index is 5.80. The van der Waals surface area contributed by atoms with Gasteiger partial charge in [0.25, 0.3) is 0 Å². The summed E-state index contributed by atoms with van der Waals surface area (Å²) in [4.78, 5) is 0. The Kier molecular flexibility index (Phi) is 22.1. The Hall–Kier alpha value is -2.60. The molecular weight excluding hydrogens is 540 g/mol. The van der Waals surface area contributed by atoms with Crippen molar-refractivity contribution in [2.75, 3.05) is 93.0 Å². The number of benzene rings is 2. The Balaban J connectivity index is 1.42. The van der Waals surface area contributed by atoms with E-state index in [1.165, 1.54) is 25.7 Å². The Morgan fingerprint density at radius 3 is 1.24 bits per heavy atom. The number of azo groups is 1. The predicted octanol–water partition coefficient (Wildman–Crippen LogP) is 6.56. The second-order valence-electron chi connectivity index (χ2n) is 9.35. The van der Waals surface area contributed by atoms with Gasteiger partial charge in [0, 0.05) is 7.11 Å². The van der Waals surface area contributed by atoms with Crippen LogP contribution >= 0.6 is 0 Å². The quantitative estimate of drug-likeness (QED) is 0.0812. The van der Waals surface area contributed by atoms with Gasteiger partial charge in [0.05, 0.1) is 90.7 Å². The van der Waals surface area contributed by atoms with Crippen LogP contribution in [0, 0.1) is 0 Å². The molecule has 0 N–H and O–H groups in total. The molecule has 0 heterocycles. The molecule has 0 bridgehead atoms. The molecule has 0 aliphatic heterocycles. The molecule has 0 aromatic heterocycles. The van der Waals surface area contributed by atoms with Crippen LogP contribution in [0.3, 0.4) is 0 Å². The summed E-state index contributed by atoms with van der Waals surface area (Å²) in [6, 6.07) is 15.2. The lowest BCUT2D eigenvalue weighted by molar-refractivity contribution is -0.0159. The van der Waals surface area contributed by atoms with Gasteiger partial charge < -0.3 is 37.9 Å². The summed E-state index contributed by atoms with van der Waals surface area (Å²) in [7, 11) is 1.65. The molecule has 236 valence electrons. The fourth-order valence-electron chi connectivity index (χ4n) is 3.57. The fourth-order valence-corrected chi connectivity index (χ4v) is 3.57. The summed E-state index contributed by atoms with van der Waals surface area (Å²) in [6.45, 7) is 9.30. The van der Waals surface area contributed by atoms with Gasteiger partial charge in [-0.15, -0.1) is 0 Å². The number of unbranched alkanes of at least 4 members (excludes halogenated alkanes) is 4. The largest absolute Gasteiger partial charge is 0.494 e. The smallest absolute Gasteiger partial charge is 0.119 e. The van der Waals surface area contributed by atoms with Crippen molar-refractivity contribution in [2.45, 2.75) is 39.0 Å². The van der Waals surface area contributed by atoms with E-state index in [0.717, 1.165) is 35.9 Å². The SMILES string of the molecule is CCCCCCCOc1ccc(N=Nc2ccc(OCCOCCOCCOCCOCCOCCOC)cc2)cc1. The number of hydrogen-bond donors (Lipinski definition) is 0. The summed E-state index contributed by atoms with van der Waals surface area (Å²) in [5.74, 6) is 1.62. The van der Waals surface area contributed by atoms with E-state index in [0.29, 0.717) is 79.3 Å². The highest BCUT2D eigenvalue weighted by atomic mass is 16.6. The summed E-state index contributed by atoms with van der Waals surface area (Å²) >= 11 is 0. The normalized spacial score (nSPS) is 11.4.